The Balaban J connectivity index is 1.89. The van der Waals surface area contributed by atoms with Gasteiger partial charge >= 0.3 is 6.18 Å². The fraction of sp³-hybridized carbons (Fsp3) is 0.667. The SMILES string of the molecule is CC(C)(C)c1ccc(C2CCN(CC(O)C(F)(F)F)CC2)cc1. The summed E-state index contributed by atoms with van der Waals surface area (Å²) >= 11 is 0. The highest BCUT2D eigenvalue weighted by molar-refractivity contribution is 5.29. The number of piperidine rings is 1. The van der Waals surface area contributed by atoms with Crippen LogP contribution in [0.2, 0.25) is 0 Å². The average molecular weight is 329 g/mol. The van der Waals surface area contributed by atoms with Gasteiger partial charge in [-0.1, -0.05) is 45.0 Å². The van der Waals surface area contributed by atoms with Crippen molar-refractivity contribution in [2.75, 3.05) is 19.6 Å². The number of benzene rings is 1. The van der Waals surface area contributed by atoms with Gasteiger partial charge in [0.15, 0.2) is 6.10 Å². The van der Waals surface area contributed by atoms with Gasteiger partial charge in [-0.05, 0) is 48.4 Å². The van der Waals surface area contributed by atoms with Crippen molar-refractivity contribution < 1.29 is 18.3 Å². The molecule has 2 nitrogen and oxygen atoms in total. The van der Waals surface area contributed by atoms with Crippen LogP contribution in [0, 0.1) is 0 Å². The van der Waals surface area contributed by atoms with Crippen molar-refractivity contribution in [2.45, 2.75) is 57.2 Å². The van der Waals surface area contributed by atoms with Crippen LogP contribution in [0.15, 0.2) is 24.3 Å². The maximum Gasteiger partial charge on any atom is 0.415 e. The molecule has 0 bridgehead atoms. The number of alkyl halides is 3. The third kappa shape index (κ3) is 4.95. The van der Waals surface area contributed by atoms with E-state index in [1.54, 1.807) is 4.90 Å². The highest BCUT2D eigenvalue weighted by atomic mass is 19.4. The van der Waals surface area contributed by atoms with Crippen LogP contribution in [0.4, 0.5) is 13.2 Å². The number of rotatable bonds is 3. The number of nitrogens with zero attached hydrogens (tertiary/aromatic N) is 1. The summed E-state index contributed by atoms with van der Waals surface area (Å²) < 4.78 is 37.2. The van der Waals surface area contributed by atoms with Crippen molar-refractivity contribution in [3.63, 3.8) is 0 Å². The van der Waals surface area contributed by atoms with Crippen molar-refractivity contribution in [3.8, 4) is 0 Å². The molecule has 1 N–H and O–H groups in total. The summed E-state index contributed by atoms with van der Waals surface area (Å²) in [6, 6.07) is 8.58. The molecule has 0 amide bonds. The summed E-state index contributed by atoms with van der Waals surface area (Å²) in [5.41, 5.74) is 2.66. The Hall–Kier alpha value is -1.07. The van der Waals surface area contributed by atoms with Crippen LogP contribution in [0.1, 0.15) is 50.7 Å². The first-order valence-corrected chi connectivity index (χ1v) is 8.15. The van der Waals surface area contributed by atoms with Gasteiger partial charge in [-0.25, -0.2) is 0 Å². The number of aliphatic hydroxyl groups excluding tert-OH is 1. The zero-order valence-electron chi connectivity index (χ0n) is 14.0. The molecule has 0 radical (unpaired) electrons. The van der Waals surface area contributed by atoms with Crippen LogP contribution in [-0.2, 0) is 5.41 Å². The molecular formula is C18H26F3NO. The molecule has 1 fully saturated rings. The quantitative estimate of drug-likeness (QED) is 0.903. The van der Waals surface area contributed by atoms with Crippen molar-refractivity contribution in [3.05, 3.63) is 35.4 Å². The lowest BCUT2D eigenvalue weighted by atomic mass is 9.84. The molecule has 1 unspecified atom stereocenters. The second-order valence-corrected chi connectivity index (χ2v) is 7.50. The van der Waals surface area contributed by atoms with E-state index in [-0.39, 0.29) is 12.0 Å². The van der Waals surface area contributed by atoms with E-state index >= 15 is 0 Å². The Bertz CT molecular complexity index is 496. The molecule has 1 aliphatic heterocycles. The van der Waals surface area contributed by atoms with E-state index in [0.29, 0.717) is 19.0 Å². The van der Waals surface area contributed by atoms with E-state index in [9.17, 15) is 13.2 Å². The molecule has 1 aromatic carbocycles. The van der Waals surface area contributed by atoms with E-state index in [1.165, 1.54) is 11.1 Å². The van der Waals surface area contributed by atoms with Gasteiger partial charge in [0.25, 0.3) is 0 Å². The standard InChI is InChI=1S/C18H26F3NO/c1-17(2,3)15-6-4-13(5-7-15)14-8-10-22(11-9-14)12-16(23)18(19,20)21/h4-7,14,16,23H,8-12H2,1-3H3. The van der Waals surface area contributed by atoms with E-state index < -0.39 is 12.3 Å². The van der Waals surface area contributed by atoms with Crippen molar-refractivity contribution in [1.29, 1.82) is 0 Å². The zero-order valence-corrected chi connectivity index (χ0v) is 14.0. The normalized spacial score (nSPS) is 19.8. The lowest BCUT2D eigenvalue weighted by Crippen LogP contribution is -2.43. The van der Waals surface area contributed by atoms with Gasteiger partial charge in [0.2, 0.25) is 0 Å². The maximum absolute atomic E-state index is 12.4. The summed E-state index contributed by atoms with van der Waals surface area (Å²) in [5, 5.41) is 9.16. The van der Waals surface area contributed by atoms with Gasteiger partial charge in [-0.2, -0.15) is 13.2 Å². The lowest BCUT2D eigenvalue weighted by molar-refractivity contribution is -0.208. The summed E-state index contributed by atoms with van der Waals surface area (Å²) in [6.45, 7) is 7.39. The zero-order chi connectivity index (χ0) is 17.3. The molecule has 0 saturated carbocycles. The average Bonchev–Trinajstić information content (AvgIpc) is 2.46. The number of likely N-dealkylation sites (tertiary alicyclic amines) is 1. The van der Waals surface area contributed by atoms with Crippen LogP contribution in [0.5, 0.6) is 0 Å². The largest absolute Gasteiger partial charge is 0.415 e. The van der Waals surface area contributed by atoms with Gasteiger partial charge in [0, 0.05) is 6.54 Å². The third-order valence-corrected chi connectivity index (χ3v) is 4.64. The van der Waals surface area contributed by atoms with E-state index in [2.05, 4.69) is 45.0 Å². The number of β-amino-alcohol motifs (C(OH)–C–C–N with tert-alkyl or cyclic N) is 1. The Labute approximate surface area is 136 Å². The Morgan fingerprint density at radius 3 is 2.04 bits per heavy atom. The van der Waals surface area contributed by atoms with Crippen LogP contribution in [0.3, 0.4) is 0 Å². The Morgan fingerprint density at radius 2 is 1.61 bits per heavy atom. The van der Waals surface area contributed by atoms with Gasteiger partial charge in [0.1, 0.15) is 0 Å². The Kier molecular flexibility index (Phi) is 5.41. The number of halogens is 3. The minimum absolute atomic E-state index is 0.121. The molecule has 1 saturated heterocycles. The highest BCUT2D eigenvalue weighted by Gasteiger charge is 2.39. The molecule has 130 valence electrons. The summed E-state index contributed by atoms with van der Waals surface area (Å²) in [7, 11) is 0. The van der Waals surface area contributed by atoms with E-state index in [0.717, 1.165) is 12.8 Å². The maximum atomic E-state index is 12.4. The molecule has 0 aromatic heterocycles. The van der Waals surface area contributed by atoms with Gasteiger partial charge in [-0.3, -0.25) is 0 Å². The van der Waals surface area contributed by atoms with Gasteiger partial charge in [-0.15, -0.1) is 0 Å². The second kappa shape index (κ2) is 6.81. The van der Waals surface area contributed by atoms with Crippen LogP contribution in [-0.4, -0.2) is 41.9 Å². The molecular weight excluding hydrogens is 303 g/mol. The molecule has 2 rings (SSSR count). The van der Waals surface area contributed by atoms with Crippen molar-refractivity contribution in [1.82, 2.24) is 4.90 Å². The molecule has 1 atom stereocenters. The first-order valence-electron chi connectivity index (χ1n) is 8.15. The summed E-state index contributed by atoms with van der Waals surface area (Å²) in [5.74, 6) is 0.392. The molecule has 1 aliphatic rings. The summed E-state index contributed by atoms with van der Waals surface area (Å²) in [6.07, 6.45) is -5.11. The number of aliphatic hydroxyl groups is 1. The fourth-order valence-corrected chi connectivity index (χ4v) is 3.05. The van der Waals surface area contributed by atoms with Crippen LogP contribution >= 0.6 is 0 Å². The van der Waals surface area contributed by atoms with Crippen LogP contribution in [0.25, 0.3) is 0 Å². The predicted molar refractivity (Wildman–Crippen MR) is 85.6 cm³/mol. The Morgan fingerprint density at radius 1 is 1.09 bits per heavy atom. The first kappa shape index (κ1) is 18.3. The molecule has 1 aromatic rings. The fourth-order valence-electron chi connectivity index (χ4n) is 3.05. The molecule has 1 heterocycles. The minimum Gasteiger partial charge on any atom is -0.382 e. The molecule has 0 aliphatic carbocycles. The topological polar surface area (TPSA) is 23.5 Å². The lowest BCUT2D eigenvalue weighted by Gasteiger charge is -2.33. The van der Waals surface area contributed by atoms with Crippen LogP contribution < -0.4 is 0 Å². The van der Waals surface area contributed by atoms with Gasteiger partial charge in [0.05, 0.1) is 0 Å². The second-order valence-electron chi connectivity index (χ2n) is 7.50. The first-order chi connectivity index (χ1) is 10.6. The predicted octanol–water partition coefficient (Wildman–Crippen LogP) is 4.09. The molecule has 23 heavy (non-hydrogen) atoms. The van der Waals surface area contributed by atoms with Crippen molar-refractivity contribution >= 4 is 0 Å². The molecule has 0 spiro atoms. The van der Waals surface area contributed by atoms with Crippen molar-refractivity contribution in [2.24, 2.45) is 0 Å². The molecule has 5 heteroatoms. The smallest absolute Gasteiger partial charge is 0.382 e. The minimum atomic E-state index is -4.53. The van der Waals surface area contributed by atoms with E-state index in [4.69, 9.17) is 5.11 Å². The highest BCUT2D eigenvalue weighted by Crippen LogP contribution is 2.31. The monoisotopic (exact) mass is 329 g/mol. The van der Waals surface area contributed by atoms with Gasteiger partial charge < -0.3 is 10.0 Å². The summed E-state index contributed by atoms with van der Waals surface area (Å²) in [4.78, 5) is 1.71. The third-order valence-electron chi connectivity index (χ3n) is 4.64. The number of hydrogen-bond acceptors (Lipinski definition) is 2. The number of hydrogen-bond donors (Lipinski definition) is 1. The van der Waals surface area contributed by atoms with E-state index in [1.807, 2.05) is 0 Å².